The van der Waals surface area contributed by atoms with Gasteiger partial charge in [-0.25, -0.2) is 0 Å². The molecule has 1 aromatic carbocycles. The van der Waals surface area contributed by atoms with Gasteiger partial charge in [0.15, 0.2) is 0 Å². The summed E-state index contributed by atoms with van der Waals surface area (Å²) in [6, 6.07) is 5.93. The number of ether oxygens (including phenoxy) is 1. The summed E-state index contributed by atoms with van der Waals surface area (Å²) >= 11 is 0. The minimum Gasteiger partial charge on any atom is -0.399 e. The van der Waals surface area contributed by atoms with E-state index in [0.717, 1.165) is 24.3 Å². The Kier molecular flexibility index (Phi) is 3.54. The SMILES string of the molecule is Cc1cc(N)ccc1N1CC(C)OC(CO)C1. The molecule has 3 N–H and O–H groups in total. The molecule has 0 saturated carbocycles. The Morgan fingerprint density at radius 3 is 2.88 bits per heavy atom. The van der Waals surface area contributed by atoms with Crippen LogP contribution >= 0.6 is 0 Å². The highest BCUT2D eigenvalue weighted by Crippen LogP contribution is 2.25. The molecule has 1 aliphatic heterocycles. The fourth-order valence-electron chi connectivity index (χ4n) is 2.38. The summed E-state index contributed by atoms with van der Waals surface area (Å²) < 4.78 is 5.63. The number of morpholine rings is 1. The van der Waals surface area contributed by atoms with E-state index in [0.29, 0.717) is 0 Å². The first-order valence-electron chi connectivity index (χ1n) is 5.97. The lowest BCUT2D eigenvalue weighted by atomic mass is 10.1. The Bertz CT molecular complexity index is 395. The molecule has 17 heavy (non-hydrogen) atoms. The van der Waals surface area contributed by atoms with Crippen molar-refractivity contribution < 1.29 is 9.84 Å². The number of nitrogen functional groups attached to an aromatic ring is 1. The van der Waals surface area contributed by atoms with Crippen molar-refractivity contribution in [3.8, 4) is 0 Å². The summed E-state index contributed by atoms with van der Waals surface area (Å²) in [7, 11) is 0. The number of aryl methyl sites for hydroxylation is 1. The van der Waals surface area contributed by atoms with Gasteiger partial charge in [0.05, 0.1) is 18.8 Å². The number of aliphatic hydroxyl groups is 1. The first-order valence-corrected chi connectivity index (χ1v) is 5.97. The number of hydrogen-bond donors (Lipinski definition) is 2. The molecule has 0 amide bonds. The van der Waals surface area contributed by atoms with Gasteiger partial charge < -0.3 is 20.5 Å². The quantitative estimate of drug-likeness (QED) is 0.757. The van der Waals surface area contributed by atoms with Gasteiger partial charge in [-0.15, -0.1) is 0 Å². The smallest absolute Gasteiger partial charge is 0.0984 e. The highest BCUT2D eigenvalue weighted by molar-refractivity contribution is 5.59. The third-order valence-corrected chi connectivity index (χ3v) is 3.09. The van der Waals surface area contributed by atoms with Crippen molar-refractivity contribution in [1.29, 1.82) is 0 Å². The fourth-order valence-corrected chi connectivity index (χ4v) is 2.38. The van der Waals surface area contributed by atoms with Gasteiger partial charge >= 0.3 is 0 Å². The van der Waals surface area contributed by atoms with Crippen LogP contribution in [0.25, 0.3) is 0 Å². The van der Waals surface area contributed by atoms with Crippen molar-refractivity contribution >= 4 is 11.4 Å². The van der Waals surface area contributed by atoms with E-state index in [-0.39, 0.29) is 18.8 Å². The van der Waals surface area contributed by atoms with E-state index in [1.54, 1.807) is 0 Å². The molecule has 1 saturated heterocycles. The molecule has 1 heterocycles. The summed E-state index contributed by atoms with van der Waals surface area (Å²) in [6.07, 6.45) is 0.0357. The van der Waals surface area contributed by atoms with Crippen molar-refractivity contribution in [3.63, 3.8) is 0 Å². The van der Waals surface area contributed by atoms with Crippen LogP contribution < -0.4 is 10.6 Å². The Hall–Kier alpha value is -1.26. The molecule has 2 rings (SSSR count). The molecule has 2 atom stereocenters. The summed E-state index contributed by atoms with van der Waals surface area (Å²) in [5, 5.41) is 9.22. The highest BCUT2D eigenvalue weighted by atomic mass is 16.5. The molecule has 1 aliphatic rings. The molecule has 0 spiro atoms. The summed E-state index contributed by atoms with van der Waals surface area (Å²) in [4.78, 5) is 2.25. The average molecular weight is 236 g/mol. The first-order chi connectivity index (χ1) is 8.10. The maximum absolute atomic E-state index is 9.22. The minimum atomic E-state index is -0.101. The number of rotatable bonds is 2. The van der Waals surface area contributed by atoms with E-state index < -0.39 is 0 Å². The molecular formula is C13H20N2O2. The van der Waals surface area contributed by atoms with Crippen LogP contribution in [0.4, 0.5) is 11.4 Å². The molecule has 94 valence electrons. The average Bonchev–Trinajstić information content (AvgIpc) is 2.28. The lowest BCUT2D eigenvalue weighted by molar-refractivity contribution is -0.0421. The fraction of sp³-hybridized carbons (Fsp3) is 0.538. The molecule has 2 unspecified atom stereocenters. The van der Waals surface area contributed by atoms with Crippen LogP contribution in [0.15, 0.2) is 18.2 Å². The van der Waals surface area contributed by atoms with Crippen LogP contribution in [0.5, 0.6) is 0 Å². The Morgan fingerprint density at radius 1 is 1.47 bits per heavy atom. The predicted octanol–water partition coefficient (Wildman–Crippen LogP) is 1.16. The van der Waals surface area contributed by atoms with Gasteiger partial charge in [-0.3, -0.25) is 0 Å². The highest BCUT2D eigenvalue weighted by Gasteiger charge is 2.25. The van der Waals surface area contributed by atoms with E-state index >= 15 is 0 Å². The Labute approximate surface area is 102 Å². The van der Waals surface area contributed by atoms with Gasteiger partial charge in [-0.2, -0.15) is 0 Å². The van der Waals surface area contributed by atoms with Gasteiger partial charge in [0.25, 0.3) is 0 Å². The van der Waals surface area contributed by atoms with Gasteiger partial charge in [0.1, 0.15) is 0 Å². The van der Waals surface area contributed by atoms with Crippen molar-refractivity contribution in [2.45, 2.75) is 26.1 Å². The molecular weight excluding hydrogens is 216 g/mol. The van der Waals surface area contributed by atoms with Crippen LogP contribution in [-0.2, 0) is 4.74 Å². The molecule has 0 radical (unpaired) electrons. The predicted molar refractivity (Wildman–Crippen MR) is 69.2 cm³/mol. The molecule has 0 aromatic heterocycles. The van der Waals surface area contributed by atoms with E-state index in [4.69, 9.17) is 10.5 Å². The second-order valence-corrected chi connectivity index (χ2v) is 4.70. The molecule has 0 aliphatic carbocycles. The maximum atomic E-state index is 9.22. The van der Waals surface area contributed by atoms with Crippen molar-refractivity contribution in [2.24, 2.45) is 0 Å². The third-order valence-electron chi connectivity index (χ3n) is 3.09. The second kappa shape index (κ2) is 4.94. The topological polar surface area (TPSA) is 58.7 Å². The standard InChI is InChI=1S/C13H20N2O2/c1-9-5-11(14)3-4-13(9)15-6-10(2)17-12(7-15)8-16/h3-5,10,12,16H,6-8,14H2,1-2H3. The monoisotopic (exact) mass is 236 g/mol. The van der Waals surface area contributed by atoms with Crippen LogP contribution in [0.1, 0.15) is 12.5 Å². The zero-order chi connectivity index (χ0) is 12.4. The van der Waals surface area contributed by atoms with Crippen molar-refractivity contribution in [1.82, 2.24) is 0 Å². The normalized spacial score (nSPS) is 25.0. The second-order valence-electron chi connectivity index (χ2n) is 4.70. The number of aliphatic hydroxyl groups excluding tert-OH is 1. The number of anilines is 2. The molecule has 4 heteroatoms. The van der Waals surface area contributed by atoms with Gasteiger partial charge in [0.2, 0.25) is 0 Å². The zero-order valence-corrected chi connectivity index (χ0v) is 10.4. The van der Waals surface area contributed by atoms with Crippen LogP contribution in [0.3, 0.4) is 0 Å². The molecule has 4 nitrogen and oxygen atoms in total. The maximum Gasteiger partial charge on any atom is 0.0984 e. The first kappa shape index (κ1) is 12.2. The molecule has 0 bridgehead atoms. The van der Waals surface area contributed by atoms with E-state index in [9.17, 15) is 5.11 Å². The number of benzene rings is 1. The molecule has 1 aromatic rings. The number of nitrogens with zero attached hydrogens (tertiary/aromatic N) is 1. The number of hydrogen-bond acceptors (Lipinski definition) is 4. The van der Waals surface area contributed by atoms with Crippen LogP contribution in [0.2, 0.25) is 0 Å². The Morgan fingerprint density at radius 2 is 2.24 bits per heavy atom. The third kappa shape index (κ3) is 2.70. The van der Waals surface area contributed by atoms with Crippen molar-refractivity contribution in [2.75, 3.05) is 30.3 Å². The van der Waals surface area contributed by atoms with Crippen LogP contribution in [-0.4, -0.2) is 37.0 Å². The van der Waals surface area contributed by atoms with Gasteiger partial charge in [-0.1, -0.05) is 0 Å². The molecule has 1 fully saturated rings. The van der Waals surface area contributed by atoms with Crippen LogP contribution in [0, 0.1) is 6.92 Å². The van der Waals surface area contributed by atoms with E-state index in [1.807, 2.05) is 25.1 Å². The summed E-state index contributed by atoms with van der Waals surface area (Å²) in [5.74, 6) is 0. The summed E-state index contributed by atoms with van der Waals surface area (Å²) in [5.41, 5.74) is 8.87. The van der Waals surface area contributed by atoms with Gasteiger partial charge in [-0.05, 0) is 37.6 Å². The van der Waals surface area contributed by atoms with E-state index in [2.05, 4.69) is 11.8 Å². The minimum absolute atomic E-state index is 0.0643. The largest absolute Gasteiger partial charge is 0.399 e. The number of nitrogens with two attached hydrogens (primary N) is 1. The van der Waals surface area contributed by atoms with Gasteiger partial charge in [0, 0.05) is 24.5 Å². The zero-order valence-electron chi connectivity index (χ0n) is 10.4. The Balaban J connectivity index is 2.20. The summed E-state index contributed by atoms with van der Waals surface area (Å²) in [6.45, 7) is 5.73. The lowest BCUT2D eigenvalue weighted by Crippen LogP contribution is -2.48. The lowest BCUT2D eigenvalue weighted by Gasteiger charge is -2.38. The van der Waals surface area contributed by atoms with Crippen molar-refractivity contribution in [3.05, 3.63) is 23.8 Å². The van der Waals surface area contributed by atoms with E-state index in [1.165, 1.54) is 5.69 Å².